The molecule has 0 saturated carbocycles. The highest BCUT2D eigenvalue weighted by atomic mass is 16.2. The van der Waals surface area contributed by atoms with E-state index in [0.29, 0.717) is 6.04 Å². The lowest BCUT2D eigenvalue weighted by Crippen LogP contribution is -2.34. The van der Waals surface area contributed by atoms with Crippen molar-refractivity contribution in [1.82, 2.24) is 19.8 Å². The van der Waals surface area contributed by atoms with Crippen molar-refractivity contribution in [3.63, 3.8) is 0 Å². The molecule has 0 spiro atoms. The number of carbonyl (C=O) groups excluding carboxylic acids is 1. The highest BCUT2D eigenvalue weighted by Crippen LogP contribution is 2.25. The third-order valence-electron chi connectivity index (χ3n) is 5.27. The zero-order valence-corrected chi connectivity index (χ0v) is 16.4. The van der Waals surface area contributed by atoms with E-state index in [1.807, 2.05) is 43.0 Å². The summed E-state index contributed by atoms with van der Waals surface area (Å²) in [7, 11) is 4.15. The van der Waals surface area contributed by atoms with Gasteiger partial charge in [-0.05, 0) is 58.5 Å². The van der Waals surface area contributed by atoms with Crippen LogP contribution in [0.25, 0.3) is 11.3 Å². The van der Waals surface area contributed by atoms with E-state index in [0.717, 1.165) is 54.3 Å². The zero-order valence-electron chi connectivity index (χ0n) is 16.4. The van der Waals surface area contributed by atoms with E-state index in [-0.39, 0.29) is 5.91 Å². The maximum absolute atomic E-state index is 12.8. The van der Waals surface area contributed by atoms with Gasteiger partial charge < -0.3 is 9.80 Å². The number of hydrogen-bond acceptors (Lipinski definition) is 4. The molecule has 1 aromatic carbocycles. The second-order valence-electron chi connectivity index (χ2n) is 7.27. The van der Waals surface area contributed by atoms with Gasteiger partial charge in [0.25, 0.3) is 5.91 Å². The molecule has 0 unspecified atom stereocenters. The highest BCUT2D eigenvalue weighted by Gasteiger charge is 2.28. The lowest BCUT2D eigenvalue weighted by atomic mass is 10.0. The fraction of sp³-hybridized carbons (Fsp3) is 0.476. The van der Waals surface area contributed by atoms with E-state index in [1.54, 1.807) is 0 Å². The van der Waals surface area contributed by atoms with Crippen molar-refractivity contribution in [2.24, 2.45) is 0 Å². The number of aromatic nitrogens is 2. The molecular weight excluding hydrogens is 324 g/mol. The van der Waals surface area contributed by atoms with Crippen molar-refractivity contribution in [2.45, 2.75) is 39.7 Å². The maximum atomic E-state index is 12.8. The maximum Gasteiger partial charge on any atom is 0.253 e. The molecule has 0 aliphatic carbocycles. The Morgan fingerprint density at radius 1 is 1.19 bits per heavy atom. The van der Waals surface area contributed by atoms with Crippen LogP contribution < -0.4 is 0 Å². The lowest BCUT2D eigenvalue weighted by Gasteiger charge is -2.20. The van der Waals surface area contributed by atoms with E-state index >= 15 is 0 Å². The number of hydrogen-bond donors (Lipinski definition) is 0. The van der Waals surface area contributed by atoms with Crippen LogP contribution in [0.3, 0.4) is 0 Å². The third-order valence-corrected chi connectivity index (χ3v) is 5.27. The van der Waals surface area contributed by atoms with Gasteiger partial charge in [-0.15, -0.1) is 0 Å². The summed E-state index contributed by atoms with van der Waals surface area (Å²) in [6.07, 6.45) is 1.93. The number of nitrogens with zero attached hydrogens (tertiary/aromatic N) is 4. The van der Waals surface area contributed by atoms with Gasteiger partial charge in [0.05, 0.1) is 5.69 Å². The fourth-order valence-electron chi connectivity index (χ4n) is 3.70. The van der Waals surface area contributed by atoms with Crippen LogP contribution >= 0.6 is 0 Å². The first-order valence-electron chi connectivity index (χ1n) is 9.31. The molecule has 1 fully saturated rings. The summed E-state index contributed by atoms with van der Waals surface area (Å²) in [5.41, 5.74) is 4.96. The van der Waals surface area contributed by atoms with Gasteiger partial charge in [-0.1, -0.05) is 19.1 Å². The molecule has 1 atom stereocenters. The van der Waals surface area contributed by atoms with Crippen LogP contribution in [0.2, 0.25) is 0 Å². The fourth-order valence-corrected chi connectivity index (χ4v) is 3.70. The summed E-state index contributed by atoms with van der Waals surface area (Å²) in [5, 5.41) is 0. The summed E-state index contributed by atoms with van der Waals surface area (Å²) >= 11 is 0. The van der Waals surface area contributed by atoms with Crippen LogP contribution in [0.15, 0.2) is 24.3 Å². The Balaban J connectivity index is 1.83. The second kappa shape index (κ2) is 7.54. The van der Waals surface area contributed by atoms with Gasteiger partial charge in [0.2, 0.25) is 0 Å². The zero-order chi connectivity index (χ0) is 18.8. The molecule has 1 aliphatic heterocycles. The first kappa shape index (κ1) is 18.5. The summed E-state index contributed by atoms with van der Waals surface area (Å²) in [4.78, 5) is 26.0. The van der Waals surface area contributed by atoms with Crippen LogP contribution in [0, 0.1) is 13.8 Å². The molecule has 5 nitrogen and oxygen atoms in total. The molecule has 0 N–H and O–H groups in total. The first-order valence-corrected chi connectivity index (χ1v) is 9.31. The van der Waals surface area contributed by atoms with E-state index in [1.165, 1.54) is 5.56 Å². The Labute approximate surface area is 156 Å². The van der Waals surface area contributed by atoms with Crippen molar-refractivity contribution >= 4 is 5.91 Å². The minimum absolute atomic E-state index is 0.117. The van der Waals surface area contributed by atoms with Crippen LogP contribution in [-0.2, 0) is 6.42 Å². The van der Waals surface area contributed by atoms with Crippen LogP contribution in [-0.4, -0.2) is 58.9 Å². The van der Waals surface area contributed by atoms with Crippen molar-refractivity contribution in [3.8, 4) is 11.3 Å². The molecule has 1 amide bonds. The van der Waals surface area contributed by atoms with Gasteiger partial charge in [-0.2, -0.15) is 0 Å². The standard InChI is InChI=1S/C21H28N4O/c1-6-19-14(2)22-15(3)23-20(19)16-7-9-17(10-8-16)21(26)25-12-11-18(13-25)24(4)5/h7-10,18H,6,11-13H2,1-5H3/t18-/m1/s1. The van der Waals surface area contributed by atoms with Crippen molar-refractivity contribution in [2.75, 3.05) is 27.2 Å². The van der Waals surface area contributed by atoms with Gasteiger partial charge in [0, 0.05) is 36.0 Å². The molecule has 0 bridgehead atoms. The molecule has 5 heteroatoms. The van der Waals surface area contributed by atoms with Crippen LogP contribution in [0.4, 0.5) is 0 Å². The van der Waals surface area contributed by atoms with Crippen molar-refractivity contribution in [3.05, 3.63) is 46.9 Å². The Morgan fingerprint density at radius 3 is 2.46 bits per heavy atom. The predicted octanol–water partition coefficient (Wildman–Crippen LogP) is 3.10. The van der Waals surface area contributed by atoms with E-state index in [4.69, 9.17) is 0 Å². The summed E-state index contributed by atoms with van der Waals surface area (Å²) < 4.78 is 0. The van der Waals surface area contributed by atoms with Crippen molar-refractivity contribution < 1.29 is 4.79 Å². The average Bonchev–Trinajstić information content (AvgIpc) is 3.11. The Bertz CT molecular complexity index is 798. The van der Waals surface area contributed by atoms with Gasteiger partial charge >= 0.3 is 0 Å². The molecule has 3 rings (SSSR count). The van der Waals surface area contributed by atoms with Crippen molar-refractivity contribution in [1.29, 1.82) is 0 Å². The smallest absolute Gasteiger partial charge is 0.253 e. The monoisotopic (exact) mass is 352 g/mol. The topological polar surface area (TPSA) is 49.3 Å². The molecule has 138 valence electrons. The SMILES string of the molecule is CCc1c(C)nc(C)nc1-c1ccc(C(=O)N2CC[C@@H](N(C)C)C2)cc1. The third kappa shape index (κ3) is 3.63. The van der Waals surface area contributed by atoms with Crippen LogP contribution in [0.1, 0.15) is 40.8 Å². The number of benzene rings is 1. The van der Waals surface area contributed by atoms with E-state index < -0.39 is 0 Å². The normalized spacial score (nSPS) is 17.2. The molecule has 26 heavy (non-hydrogen) atoms. The Morgan fingerprint density at radius 2 is 1.88 bits per heavy atom. The molecular formula is C21H28N4O. The molecule has 0 radical (unpaired) electrons. The van der Waals surface area contributed by atoms with Gasteiger partial charge in [0.15, 0.2) is 0 Å². The number of likely N-dealkylation sites (N-methyl/N-ethyl adjacent to an activating group) is 1. The summed E-state index contributed by atoms with van der Waals surface area (Å²) in [5.74, 6) is 0.897. The van der Waals surface area contributed by atoms with Gasteiger partial charge in [0.1, 0.15) is 5.82 Å². The number of amides is 1. The Hall–Kier alpha value is -2.27. The largest absolute Gasteiger partial charge is 0.337 e. The molecule has 1 aliphatic rings. The quantitative estimate of drug-likeness (QED) is 0.848. The predicted molar refractivity (Wildman–Crippen MR) is 104 cm³/mol. The van der Waals surface area contributed by atoms with E-state index in [2.05, 4.69) is 35.9 Å². The van der Waals surface area contributed by atoms with Gasteiger partial charge in [-0.3, -0.25) is 4.79 Å². The molecule has 1 saturated heterocycles. The highest BCUT2D eigenvalue weighted by molar-refractivity contribution is 5.95. The average molecular weight is 352 g/mol. The second-order valence-corrected chi connectivity index (χ2v) is 7.27. The Kier molecular flexibility index (Phi) is 5.37. The number of carbonyl (C=O) groups is 1. The first-order chi connectivity index (χ1) is 12.4. The van der Waals surface area contributed by atoms with Crippen LogP contribution in [0.5, 0.6) is 0 Å². The summed E-state index contributed by atoms with van der Waals surface area (Å²) in [6.45, 7) is 7.70. The minimum Gasteiger partial charge on any atom is -0.337 e. The molecule has 1 aromatic heterocycles. The molecule has 2 heterocycles. The molecule has 2 aromatic rings. The number of aryl methyl sites for hydroxylation is 2. The minimum atomic E-state index is 0.117. The lowest BCUT2D eigenvalue weighted by molar-refractivity contribution is 0.0783. The number of likely N-dealkylation sites (tertiary alicyclic amines) is 1. The summed E-state index contributed by atoms with van der Waals surface area (Å²) in [6, 6.07) is 8.32. The number of rotatable bonds is 4. The van der Waals surface area contributed by atoms with Gasteiger partial charge in [-0.25, -0.2) is 9.97 Å². The van der Waals surface area contributed by atoms with E-state index in [9.17, 15) is 4.79 Å².